The van der Waals surface area contributed by atoms with Crippen LogP contribution in [-0.4, -0.2) is 39.3 Å². The van der Waals surface area contributed by atoms with Crippen molar-refractivity contribution in [3.8, 4) is 0 Å². The Hall–Kier alpha value is -1.36. The molecule has 0 aliphatic heterocycles. The van der Waals surface area contributed by atoms with Crippen molar-refractivity contribution in [1.29, 1.82) is 0 Å². The van der Waals surface area contributed by atoms with Crippen LogP contribution in [0.25, 0.3) is 0 Å². The number of hydrogen-bond donors (Lipinski definition) is 2. The van der Waals surface area contributed by atoms with E-state index in [1.807, 2.05) is 36.4 Å². The van der Waals surface area contributed by atoms with Gasteiger partial charge in [0.2, 0.25) is 0 Å². The zero-order chi connectivity index (χ0) is 18.1. The third-order valence-corrected chi connectivity index (χ3v) is 4.42. The number of aliphatic imine (C=N–C) groups is 1. The molecule has 0 fully saturated rings. The zero-order valence-corrected chi connectivity index (χ0v) is 18.5. The first-order valence-corrected chi connectivity index (χ1v) is 9.60. The predicted molar refractivity (Wildman–Crippen MR) is 117 cm³/mol. The Bertz CT molecular complexity index is 706. The van der Waals surface area contributed by atoms with Gasteiger partial charge in [-0.15, -0.1) is 34.2 Å². The second kappa shape index (κ2) is 12.1. The maximum Gasteiger partial charge on any atom is 0.191 e. The molecule has 0 aliphatic rings. The summed E-state index contributed by atoms with van der Waals surface area (Å²) in [5.74, 6) is 3.23. The van der Waals surface area contributed by atoms with Gasteiger partial charge in [0.1, 0.15) is 11.6 Å². The van der Waals surface area contributed by atoms with Crippen LogP contribution in [0, 0.1) is 12.7 Å². The van der Waals surface area contributed by atoms with Gasteiger partial charge in [-0.05, 0) is 43.0 Å². The summed E-state index contributed by atoms with van der Waals surface area (Å²) in [6, 6.07) is 6.50. The maximum atomic E-state index is 13.3. The van der Waals surface area contributed by atoms with Crippen molar-refractivity contribution >= 4 is 41.7 Å². The Morgan fingerprint density at radius 3 is 2.77 bits per heavy atom. The van der Waals surface area contributed by atoms with E-state index in [-0.39, 0.29) is 29.8 Å². The highest BCUT2D eigenvalue weighted by Crippen LogP contribution is 2.05. The number of benzene rings is 1. The van der Waals surface area contributed by atoms with Gasteiger partial charge in [-0.2, -0.15) is 11.8 Å². The lowest BCUT2D eigenvalue weighted by Crippen LogP contribution is -2.38. The normalized spacial score (nSPS) is 11.2. The topological polar surface area (TPSA) is 67.1 Å². The van der Waals surface area contributed by atoms with Gasteiger partial charge in [0.25, 0.3) is 0 Å². The maximum absolute atomic E-state index is 13.3. The SMILES string of the molecule is CSCCCNC(=NCc1cccc(F)c1)NCc1nnc(C)n1C.I. The quantitative estimate of drug-likeness (QED) is 0.257. The summed E-state index contributed by atoms with van der Waals surface area (Å²) in [6.45, 7) is 3.67. The fraction of sp³-hybridized carbons (Fsp3) is 0.471. The van der Waals surface area contributed by atoms with E-state index < -0.39 is 0 Å². The number of aryl methyl sites for hydroxylation is 1. The molecule has 2 N–H and O–H groups in total. The summed E-state index contributed by atoms with van der Waals surface area (Å²) in [7, 11) is 1.93. The van der Waals surface area contributed by atoms with Crippen LogP contribution < -0.4 is 10.6 Å². The Labute approximate surface area is 175 Å². The Morgan fingerprint density at radius 2 is 2.12 bits per heavy atom. The first kappa shape index (κ1) is 22.7. The monoisotopic (exact) mass is 492 g/mol. The van der Waals surface area contributed by atoms with Gasteiger partial charge in [0.05, 0.1) is 13.1 Å². The molecule has 1 aromatic heterocycles. The van der Waals surface area contributed by atoms with E-state index in [9.17, 15) is 4.39 Å². The number of nitrogens with one attached hydrogen (secondary N) is 2. The van der Waals surface area contributed by atoms with Gasteiger partial charge in [-0.3, -0.25) is 0 Å². The van der Waals surface area contributed by atoms with Crippen LogP contribution in [0.2, 0.25) is 0 Å². The standard InChI is InChI=1S/C17H25FN6S.HI/c1-13-22-23-16(24(13)2)12-21-17(19-8-5-9-25-3)20-11-14-6-4-7-15(18)10-14;/h4,6-7,10H,5,8-9,11-12H2,1-3H3,(H2,19,20,21);1H. The molecule has 26 heavy (non-hydrogen) atoms. The highest BCUT2D eigenvalue weighted by molar-refractivity contribution is 14.0. The predicted octanol–water partition coefficient (Wildman–Crippen LogP) is 2.87. The Kier molecular flexibility index (Phi) is 10.6. The molecule has 9 heteroatoms. The van der Waals surface area contributed by atoms with Crippen LogP contribution in [0.15, 0.2) is 29.3 Å². The summed E-state index contributed by atoms with van der Waals surface area (Å²) >= 11 is 1.82. The van der Waals surface area contributed by atoms with Crippen molar-refractivity contribution < 1.29 is 4.39 Å². The molecule has 0 atom stereocenters. The molecule has 0 radical (unpaired) electrons. The summed E-state index contributed by atoms with van der Waals surface area (Å²) in [5, 5.41) is 14.8. The van der Waals surface area contributed by atoms with Crippen molar-refractivity contribution in [3.05, 3.63) is 47.3 Å². The number of aromatic nitrogens is 3. The third kappa shape index (κ3) is 7.48. The lowest BCUT2D eigenvalue weighted by molar-refractivity contribution is 0.625. The van der Waals surface area contributed by atoms with Gasteiger partial charge >= 0.3 is 0 Å². The van der Waals surface area contributed by atoms with Crippen molar-refractivity contribution in [2.24, 2.45) is 12.0 Å². The summed E-state index contributed by atoms with van der Waals surface area (Å²) in [5.41, 5.74) is 0.833. The Balaban J connectivity index is 0.00000338. The number of halogens is 2. The summed E-state index contributed by atoms with van der Waals surface area (Å²) in [4.78, 5) is 4.55. The minimum Gasteiger partial charge on any atom is -0.356 e. The van der Waals surface area contributed by atoms with Gasteiger partial charge in [0.15, 0.2) is 11.8 Å². The highest BCUT2D eigenvalue weighted by atomic mass is 127. The van der Waals surface area contributed by atoms with Gasteiger partial charge < -0.3 is 15.2 Å². The second-order valence-corrected chi connectivity index (χ2v) is 6.63. The lowest BCUT2D eigenvalue weighted by atomic mass is 10.2. The van der Waals surface area contributed by atoms with E-state index in [1.54, 1.807) is 6.07 Å². The summed E-state index contributed by atoms with van der Waals surface area (Å²) in [6.07, 6.45) is 3.14. The van der Waals surface area contributed by atoms with Gasteiger partial charge in [-0.25, -0.2) is 9.38 Å². The fourth-order valence-electron chi connectivity index (χ4n) is 2.17. The van der Waals surface area contributed by atoms with Crippen molar-refractivity contribution in [1.82, 2.24) is 25.4 Å². The molecule has 1 heterocycles. The molecule has 6 nitrogen and oxygen atoms in total. The zero-order valence-electron chi connectivity index (χ0n) is 15.3. The largest absolute Gasteiger partial charge is 0.356 e. The summed E-state index contributed by atoms with van der Waals surface area (Å²) < 4.78 is 15.2. The molecule has 2 aromatic rings. The van der Waals surface area contributed by atoms with Crippen molar-refractivity contribution in [3.63, 3.8) is 0 Å². The Morgan fingerprint density at radius 1 is 1.31 bits per heavy atom. The highest BCUT2D eigenvalue weighted by Gasteiger charge is 2.06. The fourth-order valence-corrected chi connectivity index (χ4v) is 2.60. The van der Waals surface area contributed by atoms with Crippen LogP contribution in [0.5, 0.6) is 0 Å². The molecule has 0 amide bonds. The average molecular weight is 492 g/mol. The molecule has 2 rings (SSSR count). The molecule has 0 unspecified atom stereocenters. The molecular weight excluding hydrogens is 466 g/mol. The minimum atomic E-state index is -0.246. The van der Waals surface area contributed by atoms with Crippen molar-refractivity contribution in [2.45, 2.75) is 26.4 Å². The van der Waals surface area contributed by atoms with E-state index in [0.29, 0.717) is 19.0 Å². The van der Waals surface area contributed by atoms with E-state index in [2.05, 4.69) is 32.1 Å². The molecule has 0 bridgehead atoms. The van der Waals surface area contributed by atoms with Crippen LogP contribution in [0.3, 0.4) is 0 Å². The average Bonchev–Trinajstić information content (AvgIpc) is 2.92. The van der Waals surface area contributed by atoms with Crippen LogP contribution in [0.4, 0.5) is 4.39 Å². The minimum absolute atomic E-state index is 0. The number of rotatable bonds is 8. The molecular formula is C17H26FIN6S. The number of thioether (sulfide) groups is 1. The molecule has 0 aliphatic carbocycles. The third-order valence-electron chi connectivity index (χ3n) is 3.72. The van der Waals surface area contributed by atoms with Crippen LogP contribution in [0.1, 0.15) is 23.6 Å². The number of guanidine groups is 1. The van der Waals surface area contributed by atoms with Gasteiger partial charge in [0, 0.05) is 13.6 Å². The number of hydrogen-bond acceptors (Lipinski definition) is 4. The van der Waals surface area contributed by atoms with Crippen molar-refractivity contribution in [2.75, 3.05) is 18.6 Å². The van der Waals surface area contributed by atoms with Crippen LogP contribution >= 0.6 is 35.7 Å². The smallest absolute Gasteiger partial charge is 0.191 e. The molecule has 0 spiro atoms. The molecule has 0 saturated carbocycles. The van der Waals surface area contributed by atoms with E-state index >= 15 is 0 Å². The first-order valence-electron chi connectivity index (χ1n) is 8.20. The van der Waals surface area contributed by atoms with E-state index in [1.165, 1.54) is 12.1 Å². The molecule has 144 valence electrons. The molecule has 0 saturated heterocycles. The second-order valence-electron chi connectivity index (χ2n) is 5.64. The number of nitrogens with zero attached hydrogens (tertiary/aromatic N) is 4. The first-order chi connectivity index (χ1) is 12.1. The van der Waals surface area contributed by atoms with Crippen LogP contribution in [-0.2, 0) is 20.1 Å². The van der Waals surface area contributed by atoms with E-state index in [4.69, 9.17) is 0 Å². The lowest BCUT2D eigenvalue weighted by Gasteiger charge is -2.12. The van der Waals surface area contributed by atoms with Gasteiger partial charge in [-0.1, -0.05) is 12.1 Å². The molecule has 1 aromatic carbocycles. The van der Waals surface area contributed by atoms with E-state index in [0.717, 1.165) is 35.9 Å².